The first-order valence-electron chi connectivity index (χ1n) is 13.8. The van der Waals surface area contributed by atoms with E-state index in [2.05, 4.69) is 103 Å². The molecule has 0 atom stereocenters. The predicted molar refractivity (Wildman–Crippen MR) is 164 cm³/mol. The Morgan fingerprint density at radius 3 is 1.77 bits per heavy atom. The molecule has 1 aromatic heterocycles. The normalized spacial score (nSPS) is 12.2. The first-order chi connectivity index (χ1) is 19.0. The zero-order valence-corrected chi connectivity index (χ0v) is 25.5. The van der Waals surface area contributed by atoms with Crippen molar-refractivity contribution in [1.82, 2.24) is 0 Å². The van der Waals surface area contributed by atoms with Crippen molar-refractivity contribution in [3.8, 4) is 0 Å². The zero-order chi connectivity index (χ0) is 28.8. The molecule has 4 rings (SSSR count). The number of carbonyl (C=O) groups is 1. The number of carbonyl (C=O) groups excluding carboxylic acids is 1. The van der Waals surface area contributed by atoms with Crippen LogP contribution in [0.3, 0.4) is 0 Å². The summed E-state index contributed by atoms with van der Waals surface area (Å²) < 4.78 is 14.9. The smallest absolute Gasteiger partial charge is 0.412 e. The van der Waals surface area contributed by atoms with Gasteiger partial charge in [-0.15, -0.1) is 0 Å². The maximum absolute atomic E-state index is 12.5. The number of anilines is 1. The number of hydrogen-bond acceptors (Lipinski definition) is 3. The summed E-state index contributed by atoms with van der Waals surface area (Å²) in [7, 11) is -2.72. The Labute approximate surface area is 239 Å². The van der Waals surface area contributed by atoms with Crippen molar-refractivity contribution >= 4 is 30.5 Å². The number of rotatable bonds is 8. The minimum absolute atomic E-state index is 0.127. The number of hydrogen-bond donors (Lipinski definition) is 1. The van der Waals surface area contributed by atoms with Crippen LogP contribution in [-0.2, 0) is 22.3 Å². The maximum atomic E-state index is 12.5. The highest BCUT2D eigenvalue weighted by atomic mass is 28.4. The summed E-state index contributed by atoms with van der Waals surface area (Å²) in [5, 5.41) is 5.24. The average Bonchev–Trinajstić information content (AvgIpc) is 2.90. The first kappa shape index (κ1) is 29.2. The number of benzene rings is 3. The van der Waals surface area contributed by atoms with E-state index in [1.165, 1.54) is 10.4 Å². The number of pyridine rings is 1. The molecule has 0 bridgehead atoms. The van der Waals surface area contributed by atoms with Gasteiger partial charge in [0.05, 0.1) is 0 Å². The summed E-state index contributed by atoms with van der Waals surface area (Å²) in [5.74, 6) is 0. The molecule has 0 saturated heterocycles. The fraction of sp³-hybridized carbons (Fsp3) is 0.294. The number of aromatic nitrogens is 1. The lowest BCUT2D eigenvalue weighted by molar-refractivity contribution is -0.696. The molecule has 1 heterocycles. The molecule has 0 spiro atoms. The molecule has 4 aromatic rings. The van der Waals surface area contributed by atoms with E-state index in [-0.39, 0.29) is 5.04 Å². The summed E-state index contributed by atoms with van der Waals surface area (Å²) in [6, 6.07) is 35.6. The summed E-state index contributed by atoms with van der Waals surface area (Å²) in [5.41, 5.74) is 2.27. The van der Waals surface area contributed by atoms with Gasteiger partial charge in [-0.2, -0.15) is 4.57 Å². The second kappa shape index (κ2) is 12.2. The molecule has 1 N–H and O–H groups in total. The second-order valence-electron chi connectivity index (χ2n) is 12.1. The number of nitrogens with zero attached hydrogens (tertiary/aromatic N) is 1. The van der Waals surface area contributed by atoms with Crippen LogP contribution in [-0.4, -0.2) is 20.0 Å². The SMILES string of the molecule is CC(C)(C)OC(=O)Nc1ccc(CO[Si](c2ccccc2)(c2ccccc2)C(C)(C)C)[n+](Cc2ccccc2)c1. The van der Waals surface area contributed by atoms with Gasteiger partial charge in [0.25, 0.3) is 8.32 Å². The van der Waals surface area contributed by atoms with Crippen LogP contribution < -0.4 is 20.3 Å². The minimum Gasteiger partial charge on any atom is -0.444 e. The van der Waals surface area contributed by atoms with Crippen molar-refractivity contribution in [2.24, 2.45) is 0 Å². The summed E-state index contributed by atoms with van der Waals surface area (Å²) >= 11 is 0. The lowest BCUT2D eigenvalue weighted by Gasteiger charge is -2.42. The molecule has 0 aliphatic rings. The lowest BCUT2D eigenvalue weighted by Crippen LogP contribution is -2.66. The van der Waals surface area contributed by atoms with Crippen LogP contribution in [0.25, 0.3) is 0 Å². The summed E-state index contributed by atoms with van der Waals surface area (Å²) in [6.07, 6.45) is 1.48. The van der Waals surface area contributed by atoms with Gasteiger partial charge in [0.2, 0.25) is 5.69 Å². The third-order valence-electron chi connectivity index (χ3n) is 6.81. The van der Waals surface area contributed by atoms with Crippen LogP contribution >= 0.6 is 0 Å². The number of ether oxygens (including phenoxy) is 1. The number of amides is 1. The third kappa shape index (κ3) is 7.06. The van der Waals surface area contributed by atoms with E-state index in [0.717, 1.165) is 11.3 Å². The molecule has 3 aromatic carbocycles. The summed E-state index contributed by atoms with van der Waals surface area (Å²) in [4.78, 5) is 12.5. The van der Waals surface area contributed by atoms with E-state index in [1.54, 1.807) is 0 Å². The largest absolute Gasteiger partial charge is 0.444 e. The first-order valence-corrected chi connectivity index (χ1v) is 15.7. The zero-order valence-electron chi connectivity index (χ0n) is 24.5. The van der Waals surface area contributed by atoms with E-state index < -0.39 is 20.0 Å². The molecule has 0 radical (unpaired) electrons. The van der Waals surface area contributed by atoms with Gasteiger partial charge < -0.3 is 9.16 Å². The standard InChI is InChI=1S/C34H40N2O3Si/c1-33(2,3)39-32(37)35-28-22-23-29(36(25-28)24-27-16-10-7-11-17-27)26-38-40(34(4,5)6,30-18-12-8-13-19-30)31-20-14-9-15-21-31/h7-23,25H,24,26H2,1-6H3/p+1. The molecule has 208 valence electrons. The van der Waals surface area contributed by atoms with Gasteiger partial charge in [-0.1, -0.05) is 112 Å². The Bertz CT molecular complexity index is 1360. The van der Waals surface area contributed by atoms with Crippen LogP contribution in [0.4, 0.5) is 10.5 Å². The van der Waals surface area contributed by atoms with Crippen LogP contribution in [0.1, 0.15) is 52.8 Å². The van der Waals surface area contributed by atoms with Crippen LogP contribution in [0.5, 0.6) is 0 Å². The predicted octanol–water partition coefficient (Wildman–Crippen LogP) is 6.45. The van der Waals surface area contributed by atoms with E-state index in [1.807, 2.05) is 57.3 Å². The second-order valence-corrected chi connectivity index (χ2v) is 16.4. The molecule has 40 heavy (non-hydrogen) atoms. The Kier molecular flexibility index (Phi) is 8.91. The molecule has 0 saturated carbocycles. The van der Waals surface area contributed by atoms with Gasteiger partial charge in [-0.05, 0) is 42.2 Å². The highest BCUT2D eigenvalue weighted by molar-refractivity contribution is 6.99. The Balaban J connectivity index is 1.73. The van der Waals surface area contributed by atoms with Gasteiger partial charge in [0, 0.05) is 11.6 Å². The van der Waals surface area contributed by atoms with Gasteiger partial charge in [0.15, 0.2) is 12.7 Å². The molecule has 6 heteroatoms. The molecule has 0 unspecified atom stereocenters. The van der Waals surface area contributed by atoms with Crippen molar-refractivity contribution in [2.45, 2.75) is 65.3 Å². The molecule has 0 aliphatic carbocycles. The topological polar surface area (TPSA) is 51.4 Å². The fourth-order valence-corrected chi connectivity index (χ4v) is 9.59. The fourth-order valence-electron chi connectivity index (χ4n) is 5.07. The third-order valence-corrected chi connectivity index (χ3v) is 11.8. The van der Waals surface area contributed by atoms with Crippen molar-refractivity contribution in [1.29, 1.82) is 0 Å². The van der Waals surface area contributed by atoms with Crippen LogP contribution in [0, 0.1) is 0 Å². The Hall–Kier alpha value is -3.74. The van der Waals surface area contributed by atoms with E-state index in [4.69, 9.17) is 9.16 Å². The monoisotopic (exact) mass is 553 g/mol. The highest BCUT2D eigenvalue weighted by Crippen LogP contribution is 2.37. The maximum Gasteiger partial charge on any atom is 0.412 e. The van der Waals surface area contributed by atoms with Crippen LogP contribution in [0.2, 0.25) is 5.04 Å². The van der Waals surface area contributed by atoms with Crippen molar-refractivity contribution in [3.63, 3.8) is 0 Å². The van der Waals surface area contributed by atoms with Crippen molar-refractivity contribution < 1.29 is 18.5 Å². The molecular formula is C34H41N2O3Si+. The molecule has 0 aliphatic heterocycles. The lowest BCUT2D eigenvalue weighted by atomic mass is 10.2. The van der Waals surface area contributed by atoms with E-state index >= 15 is 0 Å². The van der Waals surface area contributed by atoms with E-state index in [9.17, 15) is 4.79 Å². The van der Waals surface area contributed by atoms with E-state index in [0.29, 0.717) is 18.8 Å². The molecule has 1 amide bonds. The van der Waals surface area contributed by atoms with Crippen molar-refractivity contribution in [3.05, 3.63) is 121 Å². The Morgan fingerprint density at radius 1 is 0.750 bits per heavy atom. The summed E-state index contributed by atoms with van der Waals surface area (Å²) in [6.45, 7) is 13.5. The molecule has 0 fully saturated rings. The number of nitrogens with one attached hydrogen (secondary N) is 1. The van der Waals surface area contributed by atoms with Gasteiger partial charge in [-0.25, -0.2) is 4.79 Å². The van der Waals surface area contributed by atoms with Gasteiger partial charge in [0.1, 0.15) is 17.9 Å². The minimum atomic E-state index is -2.72. The molecular weight excluding hydrogens is 512 g/mol. The van der Waals surface area contributed by atoms with Crippen molar-refractivity contribution in [2.75, 3.05) is 5.32 Å². The van der Waals surface area contributed by atoms with Crippen LogP contribution in [0.15, 0.2) is 109 Å². The molecule has 5 nitrogen and oxygen atoms in total. The average molecular weight is 554 g/mol. The Morgan fingerprint density at radius 2 is 1.27 bits per heavy atom. The highest BCUT2D eigenvalue weighted by Gasteiger charge is 2.50. The van der Waals surface area contributed by atoms with Gasteiger partial charge in [-0.3, -0.25) is 5.32 Å². The quantitative estimate of drug-likeness (QED) is 0.202. The van der Waals surface area contributed by atoms with Gasteiger partial charge >= 0.3 is 6.09 Å².